The Kier molecular flexibility index (Phi) is 4.08. The fourth-order valence-corrected chi connectivity index (χ4v) is 2.61. The summed E-state index contributed by atoms with van der Waals surface area (Å²) in [5.74, 6) is 0.0153. The molecule has 1 amide bonds. The van der Waals surface area contributed by atoms with E-state index in [-0.39, 0.29) is 5.91 Å². The van der Waals surface area contributed by atoms with Crippen LogP contribution in [0.3, 0.4) is 0 Å². The zero-order chi connectivity index (χ0) is 11.5. The maximum absolute atomic E-state index is 11.9. The van der Waals surface area contributed by atoms with Crippen LogP contribution in [0.25, 0.3) is 0 Å². The average Bonchev–Trinajstić information content (AvgIpc) is 2.74. The lowest BCUT2D eigenvalue weighted by Crippen LogP contribution is -2.32. The second-order valence-corrected chi connectivity index (χ2v) is 5.65. The van der Waals surface area contributed by atoms with Crippen molar-refractivity contribution in [2.24, 2.45) is 0 Å². The van der Waals surface area contributed by atoms with E-state index in [2.05, 4.69) is 27.9 Å². The molecule has 0 bridgehead atoms. The summed E-state index contributed by atoms with van der Waals surface area (Å²) in [7, 11) is 0. The molecule has 0 spiro atoms. The SMILES string of the molecule is O=C(NC1CCCC1)c1ccc(Cl)c(I)c1. The van der Waals surface area contributed by atoms with Gasteiger partial charge in [0.25, 0.3) is 5.91 Å². The molecule has 16 heavy (non-hydrogen) atoms. The molecule has 2 nitrogen and oxygen atoms in total. The van der Waals surface area contributed by atoms with E-state index in [1.165, 1.54) is 12.8 Å². The molecule has 0 aromatic heterocycles. The van der Waals surface area contributed by atoms with E-state index in [9.17, 15) is 4.79 Å². The average molecular weight is 350 g/mol. The van der Waals surface area contributed by atoms with Gasteiger partial charge < -0.3 is 5.32 Å². The number of nitrogens with one attached hydrogen (secondary N) is 1. The highest BCUT2D eigenvalue weighted by molar-refractivity contribution is 14.1. The Balaban J connectivity index is 2.05. The largest absolute Gasteiger partial charge is 0.349 e. The van der Waals surface area contributed by atoms with Crippen LogP contribution in [-0.4, -0.2) is 11.9 Å². The van der Waals surface area contributed by atoms with E-state index >= 15 is 0 Å². The summed E-state index contributed by atoms with van der Waals surface area (Å²) >= 11 is 8.05. The number of carbonyl (C=O) groups is 1. The summed E-state index contributed by atoms with van der Waals surface area (Å²) in [6.07, 6.45) is 4.67. The molecule has 4 heteroatoms. The Hall–Kier alpha value is -0.290. The maximum Gasteiger partial charge on any atom is 0.251 e. The van der Waals surface area contributed by atoms with Crippen molar-refractivity contribution in [1.82, 2.24) is 5.32 Å². The van der Waals surface area contributed by atoms with Gasteiger partial charge in [-0.15, -0.1) is 0 Å². The summed E-state index contributed by atoms with van der Waals surface area (Å²) in [6.45, 7) is 0. The van der Waals surface area contributed by atoms with Crippen molar-refractivity contribution < 1.29 is 4.79 Å². The van der Waals surface area contributed by atoms with E-state index < -0.39 is 0 Å². The van der Waals surface area contributed by atoms with E-state index in [4.69, 9.17) is 11.6 Å². The molecule has 0 unspecified atom stereocenters. The van der Waals surface area contributed by atoms with Crippen molar-refractivity contribution in [1.29, 1.82) is 0 Å². The molecule has 1 aromatic rings. The van der Waals surface area contributed by atoms with Crippen LogP contribution in [0.2, 0.25) is 5.02 Å². The third-order valence-corrected chi connectivity index (χ3v) is 4.41. The number of hydrogen-bond donors (Lipinski definition) is 1. The quantitative estimate of drug-likeness (QED) is 0.812. The Labute approximate surface area is 114 Å². The van der Waals surface area contributed by atoms with Crippen LogP contribution < -0.4 is 5.32 Å². The van der Waals surface area contributed by atoms with Crippen molar-refractivity contribution in [3.63, 3.8) is 0 Å². The van der Waals surface area contributed by atoms with Crippen LogP contribution in [0.4, 0.5) is 0 Å². The summed E-state index contributed by atoms with van der Waals surface area (Å²) < 4.78 is 0.915. The van der Waals surface area contributed by atoms with Gasteiger partial charge in [-0.2, -0.15) is 0 Å². The molecule has 1 N–H and O–H groups in total. The highest BCUT2D eigenvalue weighted by atomic mass is 127. The smallest absolute Gasteiger partial charge is 0.251 e. The van der Waals surface area contributed by atoms with Gasteiger partial charge in [0.1, 0.15) is 0 Å². The fourth-order valence-electron chi connectivity index (χ4n) is 1.98. The van der Waals surface area contributed by atoms with E-state index in [1.807, 2.05) is 6.07 Å². The van der Waals surface area contributed by atoms with Gasteiger partial charge in [-0.3, -0.25) is 4.79 Å². The zero-order valence-corrected chi connectivity index (χ0v) is 11.7. The molecule has 1 aliphatic rings. The van der Waals surface area contributed by atoms with Crippen molar-refractivity contribution in [2.45, 2.75) is 31.7 Å². The van der Waals surface area contributed by atoms with Crippen molar-refractivity contribution in [3.8, 4) is 0 Å². The fraction of sp³-hybridized carbons (Fsp3) is 0.417. The van der Waals surface area contributed by atoms with Gasteiger partial charge in [-0.05, 0) is 53.6 Å². The maximum atomic E-state index is 11.9. The normalized spacial score (nSPS) is 16.4. The number of carbonyl (C=O) groups excluding carboxylic acids is 1. The standard InChI is InChI=1S/C12H13ClINO/c13-10-6-5-8(7-11(10)14)12(16)15-9-3-1-2-4-9/h5-7,9H,1-4H2,(H,15,16). The second kappa shape index (κ2) is 5.36. The van der Waals surface area contributed by atoms with Gasteiger partial charge in [0.15, 0.2) is 0 Å². The predicted octanol–water partition coefficient (Wildman–Crippen LogP) is 3.62. The van der Waals surface area contributed by atoms with E-state index in [1.54, 1.807) is 12.1 Å². The van der Waals surface area contributed by atoms with Crippen molar-refractivity contribution in [3.05, 3.63) is 32.4 Å². The molecular formula is C12H13ClINO. The topological polar surface area (TPSA) is 29.1 Å². The predicted molar refractivity (Wildman–Crippen MR) is 73.9 cm³/mol. The zero-order valence-electron chi connectivity index (χ0n) is 8.80. The highest BCUT2D eigenvalue weighted by Crippen LogP contribution is 2.21. The van der Waals surface area contributed by atoms with Gasteiger partial charge in [0, 0.05) is 15.2 Å². The lowest BCUT2D eigenvalue weighted by Gasteiger charge is -2.12. The monoisotopic (exact) mass is 349 g/mol. The molecule has 2 rings (SSSR count). The van der Waals surface area contributed by atoms with Gasteiger partial charge in [0.2, 0.25) is 0 Å². The number of benzene rings is 1. The van der Waals surface area contributed by atoms with Crippen molar-refractivity contribution >= 4 is 40.1 Å². The number of hydrogen-bond acceptors (Lipinski definition) is 1. The Bertz CT molecular complexity index is 402. The summed E-state index contributed by atoms with van der Waals surface area (Å²) in [6, 6.07) is 5.73. The Morgan fingerprint density at radius 3 is 2.69 bits per heavy atom. The Morgan fingerprint density at radius 2 is 2.06 bits per heavy atom. The first-order valence-electron chi connectivity index (χ1n) is 5.43. The lowest BCUT2D eigenvalue weighted by molar-refractivity contribution is 0.0938. The van der Waals surface area contributed by atoms with E-state index in [0.717, 1.165) is 16.4 Å². The summed E-state index contributed by atoms with van der Waals surface area (Å²) in [5.41, 5.74) is 0.695. The van der Waals surface area contributed by atoms with E-state index in [0.29, 0.717) is 16.6 Å². The first-order valence-corrected chi connectivity index (χ1v) is 6.88. The molecule has 0 atom stereocenters. The van der Waals surface area contributed by atoms with Crippen molar-refractivity contribution in [2.75, 3.05) is 0 Å². The first-order chi connectivity index (χ1) is 7.66. The van der Waals surface area contributed by atoms with Crippen LogP contribution in [0.5, 0.6) is 0 Å². The third kappa shape index (κ3) is 2.88. The molecular weight excluding hydrogens is 336 g/mol. The summed E-state index contributed by atoms with van der Waals surface area (Å²) in [5, 5.41) is 3.75. The van der Waals surface area contributed by atoms with Gasteiger partial charge in [0.05, 0.1) is 5.02 Å². The number of halogens is 2. The minimum atomic E-state index is 0.0153. The molecule has 0 heterocycles. The molecule has 1 fully saturated rings. The lowest BCUT2D eigenvalue weighted by atomic mass is 10.2. The van der Waals surface area contributed by atoms with Crippen LogP contribution in [0.1, 0.15) is 36.0 Å². The molecule has 1 aliphatic carbocycles. The number of rotatable bonds is 2. The van der Waals surface area contributed by atoms with Gasteiger partial charge in [-0.25, -0.2) is 0 Å². The third-order valence-electron chi connectivity index (χ3n) is 2.87. The first kappa shape index (κ1) is 12.2. The van der Waals surface area contributed by atoms with Gasteiger partial charge >= 0.3 is 0 Å². The van der Waals surface area contributed by atoms with Crippen LogP contribution in [-0.2, 0) is 0 Å². The molecule has 1 aromatic carbocycles. The minimum Gasteiger partial charge on any atom is -0.349 e. The number of amides is 1. The molecule has 1 saturated carbocycles. The van der Waals surface area contributed by atoms with Gasteiger partial charge in [-0.1, -0.05) is 24.4 Å². The van der Waals surface area contributed by atoms with Crippen LogP contribution in [0.15, 0.2) is 18.2 Å². The van der Waals surface area contributed by atoms with Crippen LogP contribution in [0, 0.1) is 3.57 Å². The second-order valence-electron chi connectivity index (χ2n) is 4.08. The Morgan fingerprint density at radius 1 is 1.38 bits per heavy atom. The molecule has 0 aliphatic heterocycles. The highest BCUT2D eigenvalue weighted by Gasteiger charge is 2.18. The minimum absolute atomic E-state index is 0.0153. The molecule has 0 radical (unpaired) electrons. The van der Waals surface area contributed by atoms with Crippen LogP contribution >= 0.6 is 34.2 Å². The summed E-state index contributed by atoms with van der Waals surface area (Å²) in [4.78, 5) is 11.9. The molecule has 0 saturated heterocycles. The molecule has 86 valence electrons.